The summed E-state index contributed by atoms with van der Waals surface area (Å²) < 4.78 is 0. The zero-order chi connectivity index (χ0) is 23.1. The number of piperidine rings is 2. The summed E-state index contributed by atoms with van der Waals surface area (Å²) in [6.07, 6.45) is 6.44. The van der Waals surface area contributed by atoms with Crippen LogP contribution in [0.2, 0.25) is 0 Å². The lowest BCUT2D eigenvalue weighted by atomic mass is 9.92. The van der Waals surface area contributed by atoms with Crippen molar-refractivity contribution in [3.8, 4) is 0 Å². The fraction of sp³-hybridized carbons (Fsp3) is 0.654. The van der Waals surface area contributed by atoms with E-state index in [1.807, 2.05) is 35.8 Å². The molecule has 1 atom stereocenters. The molecule has 3 amide bonds. The smallest absolute Gasteiger partial charge is 0.253 e. The van der Waals surface area contributed by atoms with Gasteiger partial charge in [-0.2, -0.15) is 0 Å². The molecule has 6 heteroatoms. The first kappa shape index (κ1) is 24.3. The van der Waals surface area contributed by atoms with Crippen LogP contribution in [0.15, 0.2) is 18.2 Å². The Hall–Kier alpha value is -2.37. The molecule has 0 aliphatic carbocycles. The molecule has 0 aromatic heterocycles. The summed E-state index contributed by atoms with van der Waals surface area (Å²) in [6.45, 7) is 9.36. The van der Waals surface area contributed by atoms with Crippen LogP contribution in [-0.4, -0.2) is 60.2 Å². The van der Waals surface area contributed by atoms with Gasteiger partial charge in [0.05, 0.1) is 5.92 Å². The van der Waals surface area contributed by atoms with Crippen molar-refractivity contribution in [3.63, 3.8) is 0 Å². The lowest BCUT2D eigenvalue weighted by Crippen LogP contribution is -2.49. The molecule has 1 unspecified atom stereocenters. The molecule has 0 spiro atoms. The number of nitrogens with one attached hydrogen (secondary N) is 1. The molecule has 176 valence electrons. The van der Waals surface area contributed by atoms with Crippen LogP contribution in [0.5, 0.6) is 0 Å². The summed E-state index contributed by atoms with van der Waals surface area (Å²) in [5.74, 6) is 0.168. The van der Waals surface area contributed by atoms with E-state index in [1.54, 1.807) is 0 Å². The maximum atomic E-state index is 13.2. The summed E-state index contributed by atoms with van der Waals surface area (Å²) in [5, 5.41) is 3.05. The van der Waals surface area contributed by atoms with Gasteiger partial charge in [0.2, 0.25) is 11.8 Å². The number of nitrogens with zero attached hydrogens (tertiary/aromatic N) is 2. The van der Waals surface area contributed by atoms with Crippen molar-refractivity contribution in [3.05, 3.63) is 34.9 Å². The highest BCUT2D eigenvalue weighted by Crippen LogP contribution is 2.25. The number of carbonyl (C=O) groups excluding carboxylic acids is 3. The van der Waals surface area contributed by atoms with E-state index in [0.717, 1.165) is 62.6 Å². The molecule has 0 bridgehead atoms. The van der Waals surface area contributed by atoms with E-state index in [-0.39, 0.29) is 29.6 Å². The quantitative estimate of drug-likeness (QED) is 0.656. The van der Waals surface area contributed by atoms with Gasteiger partial charge in [-0.25, -0.2) is 0 Å². The number of carbonyl (C=O) groups is 3. The molecule has 3 rings (SSSR count). The highest BCUT2D eigenvalue weighted by Gasteiger charge is 2.34. The number of rotatable bonds is 7. The van der Waals surface area contributed by atoms with Gasteiger partial charge < -0.3 is 15.1 Å². The van der Waals surface area contributed by atoms with Crippen molar-refractivity contribution in [2.24, 2.45) is 11.8 Å². The second-order valence-electron chi connectivity index (χ2n) is 9.56. The SMILES string of the molecule is CCCCCNC(=O)C1CCN(C(=O)C2CCCN(C(=O)c3cc(C)cc(C)c3)C2)CC1. The van der Waals surface area contributed by atoms with E-state index in [4.69, 9.17) is 0 Å². The zero-order valence-corrected chi connectivity index (χ0v) is 20.0. The molecular weight excluding hydrogens is 402 g/mol. The fourth-order valence-corrected chi connectivity index (χ4v) is 5.00. The van der Waals surface area contributed by atoms with Gasteiger partial charge in [0.25, 0.3) is 5.91 Å². The minimum Gasteiger partial charge on any atom is -0.356 e. The third-order valence-corrected chi connectivity index (χ3v) is 6.78. The molecule has 0 saturated carbocycles. The number of amides is 3. The van der Waals surface area contributed by atoms with Gasteiger partial charge in [-0.15, -0.1) is 0 Å². The van der Waals surface area contributed by atoms with E-state index in [2.05, 4.69) is 18.3 Å². The Balaban J connectivity index is 1.50. The third kappa shape index (κ3) is 6.33. The Labute approximate surface area is 192 Å². The second-order valence-corrected chi connectivity index (χ2v) is 9.56. The molecule has 0 radical (unpaired) electrons. The van der Waals surface area contributed by atoms with Crippen molar-refractivity contribution in [1.82, 2.24) is 15.1 Å². The summed E-state index contributed by atoms with van der Waals surface area (Å²) in [6, 6.07) is 5.92. The number of aryl methyl sites for hydroxylation is 2. The molecule has 2 aliphatic heterocycles. The Morgan fingerprint density at radius 3 is 2.25 bits per heavy atom. The lowest BCUT2D eigenvalue weighted by Gasteiger charge is -2.37. The van der Waals surface area contributed by atoms with Crippen LogP contribution in [-0.2, 0) is 9.59 Å². The Bertz CT molecular complexity index is 794. The number of hydrogen-bond donors (Lipinski definition) is 1. The highest BCUT2D eigenvalue weighted by atomic mass is 16.2. The van der Waals surface area contributed by atoms with Crippen LogP contribution in [0.4, 0.5) is 0 Å². The van der Waals surface area contributed by atoms with Gasteiger partial charge in [-0.1, -0.05) is 37.0 Å². The van der Waals surface area contributed by atoms with Crippen molar-refractivity contribution >= 4 is 17.7 Å². The van der Waals surface area contributed by atoms with Crippen molar-refractivity contribution in [2.75, 3.05) is 32.7 Å². The maximum absolute atomic E-state index is 13.2. The molecule has 2 saturated heterocycles. The number of likely N-dealkylation sites (tertiary alicyclic amines) is 2. The molecule has 2 fully saturated rings. The molecular formula is C26H39N3O3. The number of unbranched alkanes of at least 4 members (excludes halogenated alkanes) is 2. The van der Waals surface area contributed by atoms with E-state index >= 15 is 0 Å². The van der Waals surface area contributed by atoms with Crippen molar-refractivity contribution in [2.45, 2.75) is 65.7 Å². The van der Waals surface area contributed by atoms with Crippen molar-refractivity contribution < 1.29 is 14.4 Å². The summed E-state index contributed by atoms with van der Waals surface area (Å²) in [7, 11) is 0. The largest absolute Gasteiger partial charge is 0.356 e. The summed E-state index contributed by atoms with van der Waals surface area (Å²) >= 11 is 0. The van der Waals surface area contributed by atoms with Crippen LogP contribution in [0.1, 0.15) is 73.4 Å². The predicted octanol–water partition coefficient (Wildman–Crippen LogP) is 3.70. The van der Waals surface area contributed by atoms with Gasteiger partial charge in [0.15, 0.2) is 0 Å². The van der Waals surface area contributed by atoms with Gasteiger partial charge >= 0.3 is 0 Å². The second kappa shape index (κ2) is 11.5. The van der Waals surface area contributed by atoms with E-state index in [9.17, 15) is 14.4 Å². The third-order valence-electron chi connectivity index (χ3n) is 6.78. The minimum atomic E-state index is -0.141. The molecule has 1 aromatic carbocycles. The first-order valence-electron chi connectivity index (χ1n) is 12.3. The van der Waals surface area contributed by atoms with Gasteiger partial charge in [-0.3, -0.25) is 14.4 Å². The number of hydrogen-bond acceptors (Lipinski definition) is 3. The number of benzene rings is 1. The standard InChI is InChI=1S/C26H39N3O3/c1-4-5-6-11-27-24(30)21-9-13-28(14-10-21)25(31)22-8-7-12-29(18-22)26(32)23-16-19(2)15-20(3)17-23/h15-17,21-22H,4-14,18H2,1-3H3,(H,27,30). The fourth-order valence-electron chi connectivity index (χ4n) is 5.00. The van der Waals surface area contributed by atoms with Gasteiger partial charge in [-0.05, 0) is 58.1 Å². The Morgan fingerprint density at radius 1 is 0.906 bits per heavy atom. The van der Waals surface area contributed by atoms with Gasteiger partial charge in [0.1, 0.15) is 0 Å². The Morgan fingerprint density at radius 2 is 1.59 bits per heavy atom. The molecule has 2 aliphatic rings. The summed E-state index contributed by atoms with van der Waals surface area (Å²) in [4.78, 5) is 42.4. The van der Waals surface area contributed by atoms with E-state index in [0.29, 0.717) is 31.7 Å². The van der Waals surface area contributed by atoms with Gasteiger partial charge in [0, 0.05) is 44.2 Å². The zero-order valence-electron chi connectivity index (χ0n) is 20.0. The van der Waals surface area contributed by atoms with E-state index in [1.165, 1.54) is 0 Å². The van der Waals surface area contributed by atoms with Crippen LogP contribution >= 0.6 is 0 Å². The monoisotopic (exact) mass is 441 g/mol. The topological polar surface area (TPSA) is 69.7 Å². The predicted molar refractivity (Wildman–Crippen MR) is 126 cm³/mol. The first-order valence-corrected chi connectivity index (χ1v) is 12.3. The lowest BCUT2D eigenvalue weighted by molar-refractivity contribution is -0.140. The molecule has 2 heterocycles. The van der Waals surface area contributed by atoms with Crippen LogP contribution < -0.4 is 5.32 Å². The first-order chi connectivity index (χ1) is 15.4. The molecule has 1 aromatic rings. The highest BCUT2D eigenvalue weighted by molar-refractivity contribution is 5.95. The summed E-state index contributed by atoms with van der Waals surface area (Å²) in [5.41, 5.74) is 2.87. The van der Waals surface area contributed by atoms with Crippen molar-refractivity contribution in [1.29, 1.82) is 0 Å². The average Bonchev–Trinajstić information content (AvgIpc) is 2.80. The molecule has 1 N–H and O–H groups in total. The minimum absolute atomic E-state index is 0.00895. The Kier molecular flexibility index (Phi) is 8.71. The molecule has 32 heavy (non-hydrogen) atoms. The van der Waals surface area contributed by atoms with Crippen LogP contribution in [0, 0.1) is 25.7 Å². The van der Waals surface area contributed by atoms with E-state index < -0.39 is 0 Å². The maximum Gasteiger partial charge on any atom is 0.253 e. The normalized spacial score (nSPS) is 19.7. The van der Waals surface area contributed by atoms with Crippen LogP contribution in [0.3, 0.4) is 0 Å². The average molecular weight is 442 g/mol. The molecule has 6 nitrogen and oxygen atoms in total. The van der Waals surface area contributed by atoms with Crippen LogP contribution in [0.25, 0.3) is 0 Å².